The van der Waals surface area contributed by atoms with E-state index in [9.17, 15) is 4.79 Å². The number of hydrogen-bond donors (Lipinski definition) is 1. The minimum Gasteiger partial charge on any atom is -0.365 e. The fourth-order valence-corrected chi connectivity index (χ4v) is 3.43. The highest BCUT2D eigenvalue weighted by Crippen LogP contribution is 2.33. The summed E-state index contributed by atoms with van der Waals surface area (Å²) in [4.78, 5) is 11.7. The van der Waals surface area contributed by atoms with Gasteiger partial charge in [0.1, 0.15) is 5.15 Å². The largest absolute Gasteiger partial charge is 0.365 e. The van der Waals surface area contributed by atoms with E-state index in [-0.39, 0.29) is 0 Å². The molecule has 0 saturated carbocycles. The summed E-state index contributed by atoms with van der Waals surface area (Å²) >= 11 is 6.30. The number of nitrogens with two attached hydrogens (primary N) is 1. The molecule has 0 unspecified atom stereocenters. The molecule has 5 nitrogen and oxygen atoms in total. The number of aromatic nitrogens is 3. The number of nitrogens with zero attached hydrogens (tertiary/aromatic N) is 3. The molecule has 2 heterocycles. The van der Waals surface area contributed by atoms with Crippen LogP contribution in [0.3, 0.4) is 0 Å². The summed E-state index contributed by atoms with van der Waals surface area (Å²) in [6.07, 6.45) is 1.98. The molecule has 4 rings (SSSR count). The van der Waals surface area contributed by atoms with Crippen molar-refractivity contribution in [3.8, 4) is 0 Å². The average Bonchev–Trinajstić information content (AvgIpc) is 3.07. The first kappa shape index (κ1) is 14.8. The van der Waals surface area contributed by atoms with E-state index in [0.29, 0.717) is 17.3 Å². The van der Waals surface area contributed by atoms with Crippen LogP contribution in [-0.2, 0) is 13.6 Å². The molecular weight excluding hydrogens is 324 g/mol. The van der Waals surface area contributed by atoms with E-state index in [1.54, 1.807) is 4.57 Å². The Balaban J connectivity index is 1.92. The second kappa shape index (κ2) is 5.39. The van der Waals surface area contributed by atoms with Crippen molar-refractivity contribution in [2.24, 2.45) is 12.8 Å². The molecule has 2 aromatic carbocycles. The summed E-state index contributed by atoms with van der Waals surface area (Å²) in [6.45, 7) is 0.678. The van der Waals surface area contributed by atoms with Crippen LogP contribution in [-0.4, -0.2) is 20.3 Å². The number of fused-ring (bicyclic) bond motifs is 3. The van der Waals surface area contributed by atoms with Gasteiger partial charge < -0.3 is 10.3 Å². The van der Waals surface area contributed by atoms with Crippen molar-refractivity contribution in [3.05, 3.63) is 64.9 Å². The van der Waals surface area contributed by atoms with E-state index in [2.05, 4.69) is 17.2 Å². The second-order valence-electron chi connectivity index (χ2n) is 5.80. The van der Waals surface area contributed by atoms with Crippen LogP contribution in [0.1, 0.15) is 15.9 Å². The summed E-state index contributed by atoms with van der Waals surface area (Å²) in [7, 11) is 1.82. The van der Waals surface area contributed by atoms with Crippen molar-refractivity contribution < 1.29 is 4.79 Å². The summed E-state index contributed by atoms with van der Waals surface area (Å²) in [5.74, 6) is -0.526. The molecule has 1 amide bonds. The zero-order valence-electron chi connectivity index (χ0n) is 13.0. The highest BCUT2D eigenvalue weighted by atomic mass is 35.5. The first-order chi connectivity index (χ1) is 11.6. The van der Waals surface area contributed by atoms with Gasteiger partial charge in [-0.3, -0.25) is 9.48 Å². The summed E-state index contributed by atoms with van der Waals surface area (Å²) in [5.41, 5.74) is 8.73. The van der Waals surface area contributed by atoms with Gasteiger partial charge >= 0.3 is 0 Å². The molecule has 0 aliphatic carbocycles. The second-order valence-corrected chi connectivity index (χ2v) is 6.15. The Labute approximate surface area is 143 Å². The molecule has 120 valence electrons. The Kier molecular flexibility index (Phi) is 3.32. The van der Waals surface area contributed by atoms with Crippen LogP contribution in [0.15, 0.2) is 48.7 Å². The van der Waals surface area contributed by atoms with Gasteiger partial charge in [0.2, 0.25) is 0 Å². The van der Waals surface area contributed by atoms with Crippen LogP contribution in [0.5, 0.6) is 0 Å². The molecule has 24 heavy (non-hydrogen) atoms. The third kappa shape index (κ3) is 2.17. The summed E-state index contributed by atoms with van der Waals surface area (Å²) in [5, 5.41) is 6.67. The maximum absolute atomic E-state index is 11.7. The lowest BCUT2D eigenvalue weighted by atomic mass is 10.1. The lowest BCUT2D eigenvalue weighted by Gasteiger charge is -2.00. The number of primary amides is 1. The quantitative estimate of drug-likeness (QED) is 0.622. The Hall–Kier alpha value is -2.79. The van der Waals surface area contributed by atoms with Crippen molar-refractivity contribution in [2.45, 2.75) is 6.54 Å². The van der Waals surface area contributed by atoms with Crippen LogP contribution in [0.2, 0.25) is 5.15 Å². The number of carbonyl (C=O) groups excluding carboxylic acids is 1. The van der Waals surface area contributed by atoms with Crippen molar-refractivity contribution in [1.82, 2.24) is 14.3 Å². The number of hydrogen-bond acceptors (Lipinski definition) is 2. The van der Waals surface area contributed by atoms with Gasteiger partial charge in [0, 0.05) is 24.0 Å². The number of benzene rings is 2. The van der Waals surface area contributed by atoms with Crippen LogP contribution in [0.25, 0.3) is 21.8 Å². The predicted molar refractivity (Wildman–Crippen MR) is 95.3 cm³/mol. The summed E-state index contributed by atoms with van der Waals surface area (Å²) < 4.78 is 3.68. The molecule has 0 atom stereocenters. The zero-order valence-corrected chi connectivity index (χ0v) is 13.8. The normalized spacial score (nSPS) is 11.4. The molecule has 2 N–H and O–H groups in total. The molecule has 0 bridgehead atoms. The lowest BCUT2D eigenvalue weighted by Crippen LogP contribution is -2.11. The Morgan fingerprint density at radius 3 is 2.62 bits per heavy atom. The Morgan fingerprint density at radius 2 is 1.92 bits per heavy atom. The molecule has 0 spiro atoms. The lowest BCUT2D eigenvalue weighted by molar-refractivity contribution is 0.100. The van der Waals surface area contributed by atoms with Gasteiger partial charge in [0.05, 0.1) is 23.1 Å². The molecule has 0 radical (unpaired) electrons. The van der Waals surface area contributed by atoms with Gasteiger partial charge in [-0.15, -0.1) is 0 Å². The van der Waals surface area contributed by atoms with Crippen LogP contribution >= 0.6 is 11.6 Å². The van der Waals surface area contributed by atoms with Gasteiger partial charge in [-0.2, -0.15) is 5.10 Å². The number of carbonyl (C=O) groups is 1. The number of halogens is 1. The zero-order chi connectivity index (χ0) is 16.8. The van der Waals surface area contributed by atoms with E-state index in [0.717, 1.165) is 21.8 Å². The highest BCUT2D eigenvalue weighted by Gasteiger charge is 2.20. The molecule has 6 heteroatoms. The molecule has 0 fully saturated rings. The van der Waals surface area contributed by atoms with Gasteiger partial charge in [-0.05, 0) is 17.7 Å². The monoisotopic (exact) mass is 338 g/mol. The number of rotatable bonds is 3. The van der Waals surface area contributed by atoms with Crippen LogP contribution in [0, 0.1) is 0 Å². The Bertz CT molecular complexity index is 1080. The van der Waals surface area contributed by atoms with Crippen LogP contribution < -0.4 is 5.73 Å². The fourth-order valence-electron chi connectivity index (χ4n) is 3.15. The van der Waals surface area contributed by atoms with Gasteiger partial charge in [-0.25, -0.2) is 0 Å². The van der Waals surface area contributed by atoms with E-state index >= 15 is 0 Å². The molecular formula is C18H15ClN4O. The predicted octanol–water partition coefficient (Wildman–Crippen LogP) is 3.33. The first-order valence-electron chi connectivity index (χ1n) is 7.54. The van der Waals surface area contributed by atoms with E-state index in [1.807, 2.05) is 48.3 Å². The van der Waals surface area contributed by atoms with E-state index in [4.69, 9.17) is 17.3 Å². The van der Waals surface area contributed by atoms with Crippen molar-refractivity contribution in [1.29, 1.82) is 0 Å². The number of amides is 1. The SMILES string of the molecule is Cn1c(Cl)c(C(N)=O)c2ccc3nn(Cc4ccccc4)cc3c21. The van der Waals surface area contributed by atoms with Gasteiger partial charge in [0.15, 0.2) is 0 Å². The van der Waals surface area contributed by atoms with Crippen molar-refractivity contribution in [3.63, 3.8) is 0 Å². The smallest absolute Gasteiger partial charge is 0.252 e. The standard InChI is InChI=1S/C18H15ClN4O/c1-22-16-12(15(17(22)19)18(20)24)7-8-14-13(16)10-23(21-14)9-11-5-3-2-4-6-11/h2-8,10H,9H2,1H3,(H2,20,24). The number of aryl methyl sites for hydroxylation is 1. The van der Waals surface area contributed by atoms with Gasteiger partial charge in [-0.1, -0.05) is 41.9 Å². The molecule has 2 aromatic heterocycles. The minimum atomic E-state index is -0.526. The molecule has 0 aliphatic rings. The third-order valence-electron chi connectivity index (χ3n) is 4.25. The van der Waals surface area contributed by atoms with Crippen molar-refractivity contribution in [2.75, 3.05) is 0 Å². The van der Waals surface area contributed by atoms with E-state index in [1.165, 1.54) is 5.56 Å². The highest BCUT2D eigenvalue weighted by molar-refractivity contribution is 6.36. The topological polar surface area (TPSA) is 65.8 Å². The van der Waals surface area contributed by atoms with Gasteiger partial charge in [0.25, 0.3) is 5.91 Å². The third-order valence-corrected chi connectivity index (χ3v) is 4.69. The van der Waals surface area contributed by atoms with Crippen LogP contribution in [0.4, 0.5) is 0 Å². The molecule has 4 aromatic rings. The fraction of sp³-hybridized carbons (Fsp3) is 0.111. The van der Waals surface area contributed by atoms with Crippen molar-refractivity contribution >= 4 is 39.3 Å². The molecule has 0 saturated heterocycles. The summed E-state index contributed by atoms with van der Waals surface area (Å²) in [6, 6.07) is 13.9. The maximum atomic E-state index is 11.7. The first-order valence-corrected chi connectivity index (χ1v) is 7.92. The molecule has 0 aliphatic heterocycles. The van der Waals surface area contributed by atoms with E-state index < -0.39 is 5.91 Å². The Morgan fingerprint density at radius 1 is 1.17 bits per heavy atom. The maximum Gasteiger partial charge on any atom is 0.252 e. The minimum absolute atomic E-state index is 0.348. The average molecular weight is 339 g/mol.